The topological polar surface area (TPSA) is 24.9 Å². The van der Waals surface area contributed by atoms with Gasteiger partial charge in [-0.15, -0.1) is 6.42 Å². The molecule has 1 saturated heterocycles. The number of pyridine rings is 1. The third kappa shape index (κ3) is 1.09. The van der Waals surface area contributed by atoms with Crippen LogP contribution in [0.25, 0.3) is 0 Å². The van der Waals surface area contributed by atoms with Gasteiger partial charge in [-0.2, -0.15) is 0 Å². The highest BCUT2D eigenvalue weighted by Gasteiger charge is 2.20. The van der Waals surface area contributed by atoms with Crippen LogP contribution < -0.4 is 5.32 Å². The Hall–Kier alpha value is -1.33. The van der Waals surface area contributed by atoms with Gasteiger partial charge in [-0.3, -0.25) is 4.98 Å². The van der Waals surface area contributed by atoms with Gasteiger partial charge in [0.2, 0.25) is 0 Å². The van der Waals surface area contributed by atoms with E-state index >= 15 is 0 Å². The first-order chi connectivity index (χ1) is 5.92. The van der Waals surface area contributed by atoms with Crippen molar-refractivity contribution < 1.29 is 0 Å². The molecule has 12 heavy (non-hydrogen) atoms. The highest BCUT2D eigenvalue weighted by atomic mass is 15.0. The summed E-state index contributed by atoms with van der Waals surface area (Å²) < 4.78 is 0. The molecule has 1 atom stereocenters. The van der Waals surface area contributed by atoms with Crippen LogP contribution in [0, 0.1) is 12.3 Å². The Morgan fingerprint density at radius 2 is 2.50 bits per heavy atom. The molecule has 1 aromatic rings. The van der Waals surface area contributed by atoms with Crippen LogP contribution in [0.1, 0.15) is 23.6 Å². The van der Waals surface area contributed by atoms with E-state index in [2.05, 4.69) is 16.2 Å². The van der Waals surface area contributed by atoms with Gasteiger partial charge in [0.25, 0.3) is 0 Å². The molecule has 2 nitrogen and oxygen atoms in total. The van der Waals surface area contributed by atoms with Gasteiger partial charge in [-0.05, 0) is 24.6 Å². The molecule has 0 saturated carbocycles. The first kappa shape index (κ1) is 7.33. The van der Waals surface area contributed by atoms with E-state index < -0.39 is 0 Å². The summed E-state index contributed by atoms with van der Waals surface area (Å²) in [5.41, 5.74) is 2.12. The molecular formula is C10H10N2. The molecule has 0 spiro atoms. The standard InChI is InChI=1S/C10H10N2/c1-2-8-7-11-5-3-9(8)10-4-6-12-10/h1,3,5,7,10,12H,4,6H2/t10-/m0/s1. The van der Waals surface area contributed by atoms with Gasteiger partial charge in [0.1, 0.15) is 0 Å². The number of rotatable bonds is 1. The molecule has 0 bridgehead atoms. The quantitative estimate of drug-likeness (QED) is 0.619. The molecule has 1 N–H and O–H groups in total. The van der Waals surface area contributed by atoms with E-state index in [9.17, 15) is 0 Å². The molecule has 0 aromatic carbocycles. The number of terminal acetylenes is 1. The van der Waals surface area contributed by atoms with Crippen molar-refractivity contribution >= 4 is 0 Å². The molecule has 1 fully saturated rings. The van der Waals surface area contributed by atoms with Gasteiger partial charge < -0.3 is 5.32 Å². The first-order valence-electron chi connectivity index (χ1n) is 4.05. The summed E-state index contributed by atoms with van der Waals surface area (Å²) >= 11 is 0. The Balaban J connectivity index is 2.35. The highest BCUT2D eigenvalue weighted by Crippen LogP contribution is 2.24. The summed E-state index contributed by atoms with van der Waals surface area (Å²) in [6.45, 7) is 1.09. The summed E-state index contributed by atoms with van der Waals surface area (Å²) in [5, 5.41) is 3.31. The van der Waals surface area contributed by atoms with Crippen molar-refractivity contribution in [2.24, 2.45) is 0 Å². The van der Waals surface area contributed by atoms with Crippen molar-refractivity contribution in [3.8, 4) is 12.3 Å². The maximum Gasteiger partial charge on any atom is 0.0473 e. The van der Waals surface area contributed by atoms with Crippen molar-refractivity contribution in [1.29, 1.82) is 0 Å². The Morgan fingerprint density at radius 1 is 1.67 bits per heavy atom. The van der Waals surface area contributed by atoms with Crippen LogP contribution in [0.5, 0.6) is 0 Å². The monoisotopic (exact) mass is 158 g/mol. The third-order valence-corrected chi connectivity index (χ3v) is 2.21. The smallest absolute Gasteiger partial charge is 0.0473 e. The first-order valence-corrected chi connectivity index (χ1v) is 4.05. The predicted octanol–water partition coefficient (Wildman–Crippen LogP) is 1.10. The van der Waals surface area contributed by atoms with Gasteiger partial charge in [0.15, 0.2) is 0 Å². The van der Waals surface area contributed by atoms with E-state index in [4.69, 9.17) is 6.42 Å². The molecule has 1 aromatic heterocycles. The van der Waals surface area contributed by atoms with Crippen molar-refractivity contribution in [3.63, 3.8) is 0 Å². The van der Waals surface area contributed by atoms with Gasteiger partial charge in [-0.25, -0.2) is 0 Å². The van der Waals surface area contributed by atoms with Crippen molar-refractivity contribution in [3.05, 3.63) is 29.6 Å². The van der Waals surface area contributed by atoms with Crippen LogP contribution in [0.15, 0.2) is 18.5 Å². The second-order valence-electron chi connectivity index (χ2n) is 2.90. The van der Waals surface area contributed by atoms with Crippen LogP contribution in [0.2, 0.25) is 0 Å². The van der Waals surface area contributed by atoms with E-state index in [1.165, 1.54) is 12.0 Å². The summed E-state index contributed by atoms with van der Waals surface area (Å²) in [7, 11) is 0. The van der Waals surface area contributed by atoms with Gasteiger partial charge in [-0.1, -0.05) is 5.92 Å². The van der Waals surface area contributed by atoms with E-state index in [0.29, 0.717) is 6.04 Å². The zero-order valence-electron chi connectivity index (χ0n) is 6.75. The van der Waals surface area contributed by atoms with E-state index in [-0.39, 0.29) is 0 Å². The fraction of sp³-hybridized carbons (Fsp3) is 0.300. The number of nitrogens with zero attached hydrogens (tertiary/aromatic N) is 1. The number of hydrogen-bond donors (Lipinski definition) is 1. The maximum absolute atomic E-state index is 5.35. The highest BCUT2D eigenvalue weighted by molar-refractivity contribution is 5.39. The minimum absolute atomic E-state index is 0.457. The normalized spacial score (nSPS) is 21.1. The zero-order chi connectivity index (χ0) is 8.39. The Kier molecular flexibility index (Phi) is 1.81. The summed E-state index contributed by atoms with van der Waals surface area (Å²) in [5.74, 6) is 2.64. The second kappa shape index (κ2) is 2.96. The Bertz CT molecular complexity index is 321. The summed E-state index contributed by atoms with van der Waals surface area (Å²) in [4.78, 5) is 3.99. The Labute approximate surface area is 72.0 Å². The van der Waals surface area contributed by atoms with E-state index in [1.807, 2.05) is 6.07 Å². The second-order valence-corrected chi connectivity index (χ2v) is 2.90. The van der Waals surface area contributed by atoms with Crippen molar-refractivity contribution in [2.75, 3.05) is 6.54 Å². The van der Waals surface area contributed by atoms with E-state index in [0.717, 1.165) is 12.1 Å². The number of nitrogens with one attached hydrogen (secondary N) is 1. The lowest BCUT2D eigenvalue weighted by Crippen LogP contribution is -2.35. The molecule has 0 radical (unpaired) electrons. The lowest BCUT2D eigenvalue weighted by atomic mass is 9.95. The van der Waals surface area contributed by atoms with Crippen LogP contribution >= 0.6 is 0 Å². The van der Waals surface area contributed by atoms with Crippen LogP contribution in [-0.4, -0.2) is 11.5 Å². The predicted molar refractivity (Wildman–Crippen MR) is 47.5 cm³/mol. The molecule has 2 rings (SSSR count). The van der Waals surface area contributed by atoms with Crippen LogP contribution in [0.3, 0.4) is 0 Å². The Morgan fingerprint density at radius 3 is 3.08 bits per heavy atom. The van der Waals surface area contributed by atoms with Crippen LogP contribution in [-0.2, 0) is 0 Å². The van der Waals surface area contributed by atoms with Crippen molar-refractivity contribution in [1.82, 2.24) is 10.3 Å². The molecule has 2 heterocycles. The van der Waals surface area contributed by atoms with Crippen molar-refractivity contribution in [2.45, 2.75) is 12.5 Å². The fourth-order valence-electron chi connectivity index (χ4n) is 1.38. The number of aromatic nitrogens is 1. The molecule has 1 aliphatic rings. The average molecular weight is 158 g/mol. The molecule has 2 heteroatoms. The van der Waals surface area contributed by atoms with E-state index in [1.54, 1.807) is 12.4 Å². The summed E-state index contributed by atoms with van der Waals surface area (Å²) in [6, 6.07) is 2.45. The maximum atomic E-state index is 5.35. The summed E-state index contributed by atoms with van der Waals surface area (Å²) in [6.07, 6.45) is 10.1. The minimum Gasteiger partial charge on any atom is -0.310 e. The molecule has 0 unspecified atom stereocenters. The molecule has 0 aliphatic carbocycles. The lowest BCUT2D eigenvalue weighted by molar-refractivity contribution is 0.382. The SMILES string of the molecule is C#Cc1cnccc1[C@@H]1CCN1. The average Bonchev–Trinajstić information content (AvgIpc) is 2.02. The molecular weight excluding hydrogens is 148 g/mol. The largest absolute Gasteiger partial charge is 0.310 e. The minimum atomic E-state index is 0.457. The van der Waals surface area contributed by atoms with Gasteiger partial charge in [0, 0.05) is 24.0 Å². The van der Waals surface area contributed by atoms with Gasteiger partial charge >= 0.3 is 0 Å². The number of hydrogen-bond acceptors (Lipinski definition) is 2. The third-order valence-electron chi connectivity index (χ3n) is 2.21. The molecule has 60 valence electrons. The lowest BCUT2D eigenvalue weighted by Gasteiger charge is -2.28. The molecule has 0 amide bonds. The zero-order valence-corrected chi connectivity index (χ0v) is 6.75. The molecule has 1 aliphatic heterocycles. The van der Waals surface area contributed by atoms with Gasteiger partial charge in [0.05, 0.1) is 0 Å². The van der Waals surface area contributed by atoms with Crippen LogP contribution in [0.4, 0.5) is 0 Å². The fourth-order valence-corrected chi connectivity index (χ4v) is 1.38.